The van der Waals surface area contributed by atoms with Crippen molar-refractivity contribution < 1.29 is 19.4 Å². The molecule has 3 aromatic rings. The topological polar surface area (TPSA) is 119 Å². The molecule has 0 unspecified atom stereocenters. The van der Waals surface area contributed by atoms with Crippen LogP contribution in [0.1, 0.15) is 62.4 Å². The Labute approximate surface area is 217 Å². The summed E-state index contributed by atoms with van der Waals surface area (Å²) in [6.07, 6.45) is 1.27. The van der Waals surface area contributed by atoms with Crippen LogP contribution in [0.2, 0.25) is 0 Å². The Kier molecular flexibility index (Phi) is 7.36. The van der Waals surface area contributed by atoms with Crippen molar-refractivity contribution in [2.45, 2.75) is 40.5 Å². The first-order valence-corrected chi connectivity index (χ1v) is 12.3. The molecule has 1 aliphatic rings. The van der Waals surface area contributed by atoms with Gasteiger partial charge >= 0.3 is 5.97 Å². The van der Waals surface area contributed by atoms with E-state index in [1.807, 2.05) is 52.0 Å². The third-order valence-corrected chi connectivity index (χ3v) is 6.89. The molecule has 0 fully saturated rings. The molecule has 0 aliphatic heterocycles. The number of aromatic carboxylic acids is 1. The molecule has 5 N–H and O–H groups in total. The maximum atomic E-state index is 13.3. The lowest BCUT2D eigenvalue weighted by Gasteiger charge is -2.28. The van der Waals surface area contributed by atoms with Crippen LogP contribution in [0.3, 0.4) is 0 Å². The molecule has 0 spiro atoms. The number of para-hydroxylation sites is 1. The number of hydrazine groups is 1. The molecule has 0 bridgehead atoms. The number of carboxylic acid groups (broad SMARTS) is 1. The molecule has 0 atom stereocenters. The molecule has 4 rings (SSSR count). The Balaban J connectivity index is 1.62. The van der Waals surface area contributed by atoms with Crippen molar-refractivity contribution in [2.75, 3.05) is 11.6 Å². The number of nitrogens with zero attached hydrogens (tertiary/aromatic N) is 1. The zero-order chi connectivity index (χ0) is 26.9. The maximum Gasteiger partial charge on any atom is 0.335 e. The summed E-state index contributed by atoms with van der Waals surface area (Å²) in [5.41, 5.74) is 13.6. The van der Waals surface area contributed by atoms with E-state index in [4.69, 9.17) is 16.3 Å². The highest BCUT2D eigenvalue weighted by Crippen LogP contribution is 2.30. The lowest BCUT2D eigenvalue weighted by atomic mass is 9.97. The van der Waals surface area contributed by atoms with Crippen molar-refractivity contribution in [1.82, 2.24) is 0 Å². The third kappa shape index (κ3) is 5.22. The zero-order valence-electron chi connectivity index (χ0n) is 21.7. The number of hydrogen-bond acceptors (Lipinski definition) is 6. The highest BCUT2D eigenvalue weighted by atomic mass is 16.5. The van der Waals surface area contributed by atoms with E-state index >= 15 is 0 Å². The van der Waals surface area contributed by atoms with Crippen LogP contribution in [0, 0.1) is 19.8 Å². The fourth-order valence-corrected chi connectivity index (χ4v) is 4.74. The minimum atomic E-state index is -1.05. The summed E-state index contributed by atoms with van der Waals surface area (Å²) in [4.78, 5) is 24.7. The van der Waals surface area contributed by atoms with Gasteiger partial charge in [0.15, 0.2) is 5.78 Å². The van der Waals surface area contributed by atoms with E-state index < -0.39 is 5.97 Å². The first-order chi connectivity index (χ1) is 17.6. The number of carboxylic acids is 1. The summed E-state index contributed by atoms with van der Waals surface area (Å²) in [6, 6.07) is 16.1. The fraction of sp³-hybridized carbons (Fsp3) is 0.267. The predicted octanol–water partition coefficient (Wildman–Crippen LogP) is 4.92. The van der Waals surface area contributed by atoms with Gasteiger partial charge in [-0.3, -0.25) is 9.80 Å². The largest absolute Gasteiger partial charge is 0.487 e. The summed E-state index contributed by atoms with van der Waals surface area (Å²) in [5.74, 6) is 6.04. The van der Waals surface area contributed by atoms with E-state index in [9.17, 15) is 14.7 Å². The van der Waals surface area contributed by atoms with Gasteiger partial charge in [-0.25, -0.2) is 10.6 Å². The number of ether oxygens (including phenoxy) is 1. The third-order valence-electron chi connectivity index (χ3n) is 6.89. The Morgan fingerprint density at radius 2 is 1.68 bits per heavy atom. The van der Waals surface area contributed by atoms with Crippen molar-refractivity contribution in [3.05, 3.63) is 105 Å². The van der Waals surface area contributed by atoms with Gasteiger partial charge in [-0.05, 0) is 85.2 Å². The summed E-state index contributed by atoms with van der Waals surface area (Å²) in [6.45, 7) is 8.19. The lowest BCUT2D eigenvalue weighted by molar-refractivity contribution is 0.0697. The molecule has 0 amide bonds. The van der Waals surface area contributed by atoms with Gasteiger partial charge in [0.05, 0.1) is 16.9 Å². The van der Waals surface area contributed by atoms with Crippen molar-refractivity contribution in [1.29, 1.82) is 0 Å². The number of ketones is 1. The fourth-order valence-electron chi connectivity index (χ4n) is 4.74. The zero-order valence-corrected chi connectivity index (χ0v) is 21.7. The molecule has 0 aromatic heterocycles. The minimum Gasteiger partial charge on any atom is -0.487 e. The van der Waals surface area contributed by atoms with Crippen LogP contribution in [0.25, 0.3) is 0 Å². The average Bonchev–Trinajstić information content (AvgIpc) is 2.99. The summed E-state index contributed by atoms with van der Waals surface area (Å²) in [7, 11) is 0. The van der Waals surface area contributed by atoms with Crippen LogP contribution < -0.4 is 21.3 Å². The molecular formula is C30H33N3O4. The summed E-state index contributed by atoms with van der Waals surface area (Å²) in [5, 5.41) is 11.0. The molecule has 37 heavy (non-hydrogen) atoms. The van der Waals surface area contributed by atoms with Crippen molar-refractivity contribution in [3.63, 3.8) is 0 Å². The van der Waals surface area contributed by atoms with Gasteiger partial charge in [0, 0.05) is 16.8 Å². The van der Waals surface area contributed by atoms with Gasteiger partial charge in [0.1, 0.15) is 12.4 Å². The molecule has 0 saturated carbocycles. The lowest BCUT2D eigenvalue weighted by Crippen LogP contribution is -2.37. The molecular weight excluding hydrogens is 466 g/mol. The molecule has 0 radical (unpaired) electrons. The second-order valence-electron chi connectivity index (χ2n) is 9.78. The maximum absolute atomic E-state index is 13.3. The average molecular weight is 500 g/mol. The van der Waals surface area contributed by atoms with Gasteiger partial charge < -0.3 is 15.6 Å². The van der Waals surface area contributed by atoms with Gasteiger partial charge in [-0.2, -0.15) is 0 Å². The van der Waals surface area contributed by atoms with Crippen molar-refractivity contribution in [3.8, 4) is 5.75 Å². The normalized spacial score (nSPS) is 13.4. The van der Waals surface area contributed by atoms with E-state index in [1.54, 1.807) is 29.3 Å². The standard InChI is InChI=1S/C30H33N3O4/c1-17(2)27(31)26(33(32)28-18(3)6-5-7-19(28)4)16-37-23-12-13-24-21(14-23)10-8-20-9-11-22(30(35)36)15-25(20)29(24)34/h5-7,9,11-15,17H,8,10,16,31-32H2,1-4H3,(H,35,36)/b27-26-. The quantitative estimate of drug-likeness (QED) is 0.312. The number of allylic oxidation sites excluding steroid dienone is 1. The number of aryl methyl sites for hydroxylation is 4. The number of anilines is 1. The monoisotopic (exact) mass is 499 g/mol. The second kappa shape index (κ2) is 10.5. The number of rotatable bonds is 7. The Morgan fingerprint density at radius 3 is 2.32 bits per heavy atom. The summed E-state index contributed by atoms with van der Waals surface area (Å²) >= 11 is 0. The number of carbonyl (C=O) groups excluding carboxylic acids is 1. The van der Waals surface area contributed by atoms with E-state index in [1.165, 1.54) is 6.07 Å². The molecule has 192 valence electrons. The van der Waals surface area contributed by atoms with E-state index in [0.717, 1.165) is 27.9 Å². The Hall–Kier alpha value is -4.10. The first kappa shape index (κ1) is 26.0. The van der Waals surface area contributed by atoms with E-state index in [2.05, 4.69) is 0 Å². The van der Waals surface area contributed by atoms with E-state index in [-0.39, 0.29) is 23.9 Å². The molecule has 3 aromatic carbocycles. The Morgan fingerprint density at radius 1 is 1.00 bits per heavy atom. The van der Waals surface area contributed by atoms with Crippen LogP contribution in [0.4, 0.5) is 5.69 Å². The van der Waals surface area contributed by atoms with Crippen molar-refractivity contribution >= 4 is 17.4 Å². The van der Waals surface area contributed by atoms with Crippen molar-refractivity contribution in [2.24, 2.45) is 17.5 Å². The predicted molar refractivity (Wildman–Crippen MR) is 145 cm³/mol. The number of carbonyl (C=O) groups is 2. The van der Waals surface area contributed by atoms with Crippen LogP contribution in [0.15, 0.2) is 66.0 Å². The molecule has 7 nitrogen and oxygen atoms in total. The van der Waals surface area contributed by atoms with Gasteiger partial charge in [-0.15, -0.1) is 0 Å². The smallest absolute Gasteiger partial charge is 0.335 e. The number of fused-ring (bicyclic) bond motifs is 2. The van der Waals surface area contributed by atoms with Crippen LogP contribution in [-0.4, -0.2) is 23.5 Å². The Bertz CT molecular complexity index is 1390. The van der Waals surface area contributed by atoms with Crippen LogP contribution in [0.5, 0.6) is 5.75 Å². The number of hydrogen-bond donors (Lipinski definition) is 3. The summed E-state index contributed by atoms with van der Waals surface area (Å²) < 4.78 is 6.18. The first-order valence-electron chi connectivity index (χ1n) is 12.3. The number of nitrogens with two attached hydrogens (primary N) is 2. The minimum absolute atomic E-state index is 0.0628. The van der Waals surface area contributed by atoms with Crippen LogP contribution in [-0.2, 0) is 12.8 Å². The molecule has 0 heterocycles. The second-order valence-corrected chi connectivity index (χ2v) is 9.78. The number of benzene rings is 3. The van der Waals surface area contributed by atoms with Gasteiger partial charge in [0.25, 0.3) is 0 Å². The van der Waals surface area contributed by atoms with Crippen LogP contribution >= 0.6 is 0 Å². The highest BCUT2D eigenvalue weighted by Gasteiger charge is 2.24. The highest BCUT2D eigenvalue weighted by molar-refractivity contribution is 6.12. The van der Waals surface area contributed by atoms with E-state index in [0.29, 0.717) is 41.1 Å². The molecule has 7 heteroatoms. The van der Waals surface area contributed by atoms with Gasteiger partial charge in [0.2, 0.25) is 0 Å². The SMILES string of the molecule is Cc1cccc(C)c1N(N)/C(COc1ccc2c(c1)CCc1ccc(C(=O)O)cc1C2=O)=C(\N)C(C)C. The molecule has 0 saturated heterocycles. The molecule has 1 aliphatic carbocycles. The van der Waals surface area contributed by atoms with Gasteiger partial charge in [-0.1, -0.05) is 38.1 Å².